The molecule has 1 heterocycles. The first-order valence-corrected chi connectivity index (χ1v) is 5.67. The van der Waals surface area contributed by atoms with E-state index in [9.17, 15) is 9.59 Å². The average Bonchev–Trinajstić information content (AvgIpc) is 2.73. The lowest BCUT2D eigenvalue weighted by molar-refractivity contribution is -0.105. The molecule has 1 aliphatic carbocycles. The van der Waals surface area contributed by atoms with Crippen LogP contribution in [0.4, 0.5) is 5.82 Å². The van der Waals surface area contributed by atoms with Gasteiger partial charge in [0.05, 0.1) is 17.0 Å². The quantitative estimate of drug-likeness (QED) is 0.663. The van der Waals surface area contributed by atoms with E-state index >= 15 is 0 Å². The molecule has 0 bridgehead atoms. The van der Waals surface area contributed by atoms with Crippen LogP contribution in [-0.4, -0.2) is 29.1 Å². The molecule has 6 heteroatoms. The van der Waals surface area contributed by atoms with Gasteiger partial charge in [-0.1, -0.05) is 24.3 Å². The molecule has 0 radical (unpaired) electrons. The lowest BCUT2D eigenvalue weighted by atomic mass is 10.1. The number of carbonyl (C=O) groups excluding carboxylic acids is 1. The van der Waals surface area contributed by atoms with Crippen molar-refractivity contribution in [3.63, 3.8) is 0 Å². The Bertz CT molecular complexity index is 761. The van der Waals surface area contributed by atoms with Crippen LogP contribution in [0.2, 0.25) is 0 Å². The topological polar surface area (TPSA) is 87.2 Å². The summed E-state index contributed by atoms with van der Waals surface area (Å²) in [5.74, 6) is 0.227. The summed E-state index contributed by atoms with van der Waals surface area (Å²) in [5.41, 5.74) is 3.29. The lowest BCUT2D eigenvalue weighted by Gasteiger charge is -2.05. The van der Waals surface area contributed by atoms with Crippen LogP contribution in [0.3, 0.4) is 0 Å². The Labute approximate surface area is 108 Å². The summed E-state index contributed by atoms with van der Waals surface area (Å²) >= 11 is 0. The molecule has 0 spiro atoms. The average molecular weight is 254 g/mol. The molecular weight excluding hydrogens is 244 g/mol. The first kappa shape index (κ1) is 11.3. The summed E-state index contributed by atoms with van der Waals surface area (Å²) in [4.78, 5) is 32.9. The number of nitrogens with zero attached hydrogens (tertiary/aromatic N) is 2. The molecule has 6 nitrogen and oxygen atoms in total. The number of amides is 1. The van der Waals surface area contributed by atoms with Gasteiger partial charge in [-0.25, -0.2) is 4.79 Å². The fourth-order valence-electron chi connectivity index (χ4n) is 2.34. The van der Waals surface area contributed by atoms with Gasteiger partial charge in [0, 0.05) is 18.2 Å². The molecule has 1 amide bonds. The first-order chi connectivity index (χ1) is 9.26. The molecule has 2 aromatic rings. The van der Waals surface area contributed by atoms with Crippen molar-refractivity contribution in [1.82, 2.24) is 9.97 Å². The van der Waals surface area contributed by atoms with Gasteiger partial charge in [0.1, 0.15) is 5.82 Å². The number of benzene rings is 1. The number of fused-ring (bicyclic) bond motifs is 3. The predicted molar refractivity (Wildman–Crippen MR) is 71.5 cm³/mol. The molecule has 0 atom stereocenters. The SMILES string of the molecule is C/N=C1/c2ccccc2-c2[nH]c(=O)nc(NC=O)c21. The van der Waals surface area contributed by atoms with Gasteiger partial charge in [0.2, 0.25) is 6.41 Å². The zero-order chi connectivity index (χ0) is 13.4. The van der Waals surface area contributed by atoms with E-state index in [0.29, 0.717) is 23.4 Å². The third kappa shape index (κ3) is 1.57. The molecule has 1 aromatic heterocycles. The van der Waals surface area contributed by atoms with Gasteiger partial charge >= 0.3 is 5.69 Å². The number of carbonyl (C=O) groups is 1. The standard InChI is InChI=1S/C13H10N4O2/c1-14-10-7-4-2-3-5-8(7)11-9(10)12(15-6-18)17-13(19)16-11/h2-6H,1H3,(H2,15,16,17,18,19)/b14-10-. The molecule has 0 saturated heterocycles. The summed E-state index contributed by atoms with van der Waals surface area (Å²) < 4.78 is 0. The van der Waals surface area contributed by atoms with Crippen molar-refractivity contribution in [2.75, 3.05) is 12.4 Å². The zero-order valence-electron chi connectivity index (χ0n) is 10.1. The van der Waals surface area contributed by atoms with Gasteiger partial charge in [0.25, 0.3) is 0 Å². The maximum atomic E-state index is 11.6. The third-order valence-electron chi connectivity index (χ3n) is 3.04. The summed E-state index contributed by atoms with van der Waals surface area (Å²) in [6, 6.07) is 7.59. The Balaban J connectivity index is 2.40. The Kier molecular flexibility index (Phi) is 2.49. The molecular formula is C13H10N4O2. The molecule has 2 N–H and O–H groups in total. The number of aliphatic imine (C=N–C) groups is 1. The Morgan fingerprint density at radius 1 is 1.32 bits per heavy atom. The van der Waals surface area contributed by atoms with E-state index in [4.69, 9.17) is 0 Å². The fraction of sp³-hybridized carbons (Fsp3) is 0.0769. The number of nitrogens with one attached hydrogen (secondary N) is 2. The van der Waals surface area contributed by atoms with Crippen LogP contribution >= 0.6 is 0 Å². The minimum atomic E-state index is -0.504. The van der Waals surface area contributed by atoms with Gasteiger partial charge in [-0.2, -0.15) is 4.98 Å². The van der Waals surface area contributed by atoms with Crippen molar-refractivity contribution in [3.8, 4) is 11.3 Å². The normalized spacial score (nSPS) is 14.1. The molecule has 0 aliphatic heterocycles. The number of H-pyrrole nitrogens is 1. The van der Waals surface area contributed by atoms with Crippen molar-refractivity contribution < 1.29 is 4.79 Å². The number of aromatic nitrogens is 2. The van der Waals surface area contributed by atoms with Crippen molar-refractivity contribution in [2.24, 2.45) is 4.99 Å². The van der Waals surface area contributed by atoms with Crippen LogP contribution in [0.25, 0.3) is 11.3 Å². The van der Waals surface area contributed by atoms with E-state index < -0.39 is 5.69 Å². The van der Waals surface area contributed by atoms with Crippen LogP contribution in [0.5, 0.6) is 0 Å². The summed E-state index contributed by atoms with van der Waals surface area (Å²) in [6.07, 6.45) is 0.498. The van der Waals surface area contributed by atoms with Gasteiger partial charge < -0.3 is 10.3 Å². The number of rotatable bonds is 2. The van der Waals surface area contributed by atoms with Crippen molar-refractivity contribution in [2.45, 2.75) is 0 Å². The maximum absolute atomic E-state index is 11.6. The zero-order valence-corrected chi connectivity index (χ0v) is 10.1. The maximum Gasteiger partial charge on any atom is 0.347 e. The van der Waals surface area contributed by atoms with E-state index in [1.54, 1.807) is 7.05 Å². The highest BCUT2D eigenvalue weighted by atomic mass is 16.1. The number of hydrogen-bond donors (Lipinski definition) is 2. The molecule has 1 aromatic carbocycles. The molecule has 0 saturated carbocycles. The van der Waals surface area contributed by atoms with Crippen molar-refractivity contribution in [3.05, 3.63) is 45.9 Å². The molecule has 3 rings (SSSR count). The summed E-state index contributed by atoms with van der Waals surface area (Å²) in [7, 11) is 1.66. The Morgan fingerprint density at radius 3 is 2.74 bits per heavy atom. The van der Waals surface area contributed by atoms with Gasteiger partial charge in [-0.3, -0.25) is 9.79 Å². The minimum Gasteiger partial charge on any atom is -0.313 e. The minimum absolute atomic E-state index is 0.227. The van der Waals surface area contributed by atoms with Gasteiger partial charge in [-0.05, 0) is 0 Å². The smallest absolute Gasteiger partial charge is 0.313 e. The summed E-state index contributed by atoms with van der Waals surface area (Å²) in [5, 5.41) is 2.46. The second-order valence-electron chi connectivity index (χ2n) is 4.02. The van der Waals surface area contributed by atoms with Gasteiger partial charge in [0.15, 0.2) is 0 Å². The third-order valence-corrected chi connectivity index (χ3v) is 3.04. The monoisotopic (exact) mass is 254 g/mol. The molecule has 1 aliphatic rings. The summed E-state index contributed by atoms with van der Waals surface area (Å²) in [6.45, 7) is 0. The first-order valence-electron chi connectivity index (χ1n) is 5.67. The van der Waals surface area contributed by atoms with Gasteiger partial charge in [-0.15, -0.1) is 0 Å². The predicted octanol–water partition coefficient (Wildman–Crippen LogP) is 0.786. The van der Waals surface area contributed by atoms with Crippen LogP contribution in [0, 0.1) is 0 Å². The van der Waals surface area contributed by atoms with E-state index in [1.165, 1.54) is 0 Å². The fourth-order valence-corrected chi connectivity index (χ4v) is 2.34. The van der Waals surface area contributed by atoms with E-state index in [2.05, 4.69) is 20.3 Å². The Morgan fingerprint density at radius 2 is 2.05 bits per heavy atom. The molecule has 0 fully saturated rings. The van der Waals surface area contributed by atoms with Crippen molar-refractivity contribution in [1.29, 1.82) is 0 Å². The second-order valence-corrected chi connectivity index (χ2v) is 4.02. The number of aromatic amines is 1. The highest BCUT2D eigenvalue weighted by molar-refractivity contribution is 6.26. The van der Waals surface area contributed by atoms with Crippen LogP contribution in [0.15, 0.2) is 34.1 Å². The van der Waals surface area contributed by atoms with E-state index in [-0.39, 0.29) is 5.82 Å². The second kappa shape index (κ2) is 4.16. The molecule has 0 unspecified atom stereocenters. The number of anilines is 1. The number of hydrogen-bond acceptors (Lipinski definition) is 4. The van der Waals surface area contributed by atoms with Crippen LogP contribution < -0.4 is 11.0 Å². The largest absolute Gasteiger partial charge is 0.347 e. The van der Waals surface area contributed by atoms with Crippen LogP contribution in [-0.2, 0) is 4.79 Å². The highest BCUT2D eigenvalue weighted by Gasteiger charge is 2.28. The lowest BCUT2D eigenvalue weighted by Crippen LogP contribution is -2.17. The van der Waals surface area contributed by atoms with Crippen molar-refractivity contribution >= 4 is 17.9 Å². The highest BCUT2D eigenvalue weighted by Crippen LogP contribution is 2.37. The van der Waals surface area contributed by atoms with Crippen LogP contribution in [0.1, 0.15) is 11.1 Å². The molecule has 19 heavy (non-hydrogen) atoms. The molecule has 94 valence electrons. The van der Waals surface area contributed by atoms with E-state index in [0.717, 1.165) is 11.1 Å². The Hall–Kier alpha value is -2.76. The van der Waals surface area contributed by atoms with E-state index in [1.807, 2.05) is 24.3 Å².